The summed E-state index contributed by atoms with van der Waals surface area (Å²) in [6, 6.07) is 17.9. The van der Waals surface area contributed by atoms with Gasteiger partial charge in [-0.3, -0.25) is 14.5 Å². The van der Waals surface area contributed by atoms with Gasteiger partial charge in [0.1, 0.15) is 0 Å². The lowest BCUT2D eigenvalue weighted by Crippen LogP contribution is -2.40. The first-order chi connectivity index (χ1) is 13.1. The van der Waals surface area contributed by atoms with Crippen molar-refractivity contribution < 1.29 is 9.59 Å². The lowest BCUT2D eigenvalue weighted by atomic mass is 9.96. The Morgan fingerprint density at radius 3 is 2.63 bits per heavy atom. The number of amides is 2. The fourth-order valence-electron chi connectivity index (χ4n) is 3.33. The van der Waals surface area contributed by atoms with E-state index in [0.29, 0.717) is 0 Å². The average Bonchev–Trinajstić information content (AvgIpc) is 2.68. The molecule has 6 heteroatoms. The van der Waals surface area contributed by atoms with Crippen LogP contribution in [-0.4, -0.2) is 35.6 Å². The number of likely N-dealkylation sites (tertiary alicyclic amines) is 1. The Morgan fingerprint density at radius 1 is 1.11 bits per heavy atom. The maximum Gasteiger partial charge on any atom is 0.228 e. The molecule has 0 radical (unpaired) electrons. The van der Waals surface area contributed by atoms with E-state index >= 15 is 0 Å². The molecule has 2 aromatic rings. The molecule has 0 aliphatic carbocycles. The zero-order chi connectivity index (χ0) is 19.1. The van der Waals surface area contributed by atoms with Gasteiger partial charge in [-0.05, 0) is 37.1 Å². The summed E-state index contributed by atoms with van der Waals surface area (Å²) in [5.41, 5.74) is 7.25. The van der Waals surface area contributed by atoms with Gasteiger partial charge in [-0.25, -0.2) is 0 Å². The van der Waals surface area contributed by atoms with Crippen molar-refractivity contribution in [2.75, 3.05) is 24.2 Å². The number of para-hydroxylation sites is 1. The second-order valence-corrected chi connectivity index (χ2v) is 7.82. The molecule has 0 aromatic heterocycles. The average molecular weight is 384 g/mol. The van der Waals surface area contributed by atoms with Gasteiger partial charge in [0, 0.05) is 18.0 Å². The third-order valence-corrected chi connectivity index (χ3v) is 5.74. The Hall–Kier alpha value is -2.31. The van der Waals surface area contributed by atoms with Crippen molar-refractivity contribution in [3.63, 3.8) is 0 Å². The Labute approximate surface area is 164 Å². The number of anilines is 1. The van der Waals surface area contributed by atoms with E-state index in [1.807, 2.05) is 42.5 Å². The van der Waals surface area contributed by atoms with E-state index in [9.17, 15) is 9.59 Å². The molecule has 1 saturated heterocycles. The van der Waals surface area contributed by atoms with Gasteiger partial charge in [-0.2, -0.15) is 0 Å². The van der Waals surface area contributed by atoms with Crippen molar-refractivity contribution in [2.45, 2.75) is 24.3 Å². The maximum atomic E-state index is 12.8. The van der Waals surface area contributed by atoms with Crippen LogP contribution in [0.5, 0.6) is 0 Å². The zero-order valence-corrected chi connectivity index (χ0v) is 16.1. The molecule has 27 heavy (non-hydrogen) atoms. The van der Waals surface area contributed by atoms with Gasteiger partial charge >= 0.3 is 0 Å². The van der Waals surface area contributed by atoms with Crippen LogP contribution in [0.3, 0.4) is 0 Å². The fourth-order valence-corrected chi connectivity index (χ4v) is 4.08. The predicted molar refractivity (Wildman–Crippen MR) is 109 cm³/mol. The van der Waals surface area contributed by atoms with Crippen molar-refractivity contribution in [1.29, 1.82) is 0 Å². The topological polar surface area (TPSA) is 75.4 Å². The van der Waals surface area contributed by atoms with Gasteiger partial charge in [-0.1, -0.05) is 42.5 Å². The van der Waals surface area contributed by atoms with Crippen molar-refractivity contribution >= 4 is 29.3 Å². The molecule has 3 N–H and O–H groups in total. The molecule has 2 amide bonds. The van der Waals surface area contributed by atoms with Gasteiger partial charge in [0.05, 0.1) is 17.4 Å². The SMILES string of the molecule is NC(=O)CSc1ccccc1NC(=O)C1CCCN(Cc2ccccc2)C1. The van der Waals surface area contributed by atoms with Gasteiger partial charge in [0.2, 0.25) is 11.8 Å². The van der Waals surface area contributed by atoms with Gasteiger partial charge < -0.3 is 11.1 Å². The molecule has 1 atom stereocenters. The molecule has 1 fully saturated rings. The lowest BCUT2D eigenvalue weighted by molar-refractivity contribution is -0.121. The van der Waals surface area contributed by atoms with Crippen LogP contribution in [0.2, 0.25) is 0 Å². The first-order valence-corrected chi connectivity index (χ1v) is 10.2. The van der Waals surface area contributed by atoms with E-state index in [-0.39, 0.29) is 23.5 Å². The standard InChI is InChI=1S/C21H25N3O2S/c22-20(25)15-27-19-11-5-4-10-18(19)23-21(26)17-9-6-12-24(14-17)13-16-7-2-1-3-8-16/h1-5,7-8,10-11,17H,6,9,12-15H2,(H2,22,25)(H,23,26). The van der Waals surface area contributed by atoms with E-state index in [0.717, 1.165) is 43.1 Å². The van der Waals surface area contributed by atoms with Crippen LogP contribution in [0.1, 0.15) is 18.4 Å². The lowest BCUT2D eigenvalue weighted by Gasteiger charge is -2.32. The summed E-state index contributed by atoms with van der Waals surface area (Å²) in [7, 11) is 0. The molecule has 5 nitrogen and oxygen atoms in total. The second kappa shape index (κ2) is 9.58. The van der Waals surface area contributed by atoms with Crippen LogP contribution in [0.15, 0.2) is 59.5 Å². The predicted octanol–water partition coefficient (Wildman–Crippen LogP) is 3.11. The summed E-state index contributed by atoms with van der Waals surface area (Å²) in [6.45, 7) is 2.65. The highest BCUT2D eigenvalue weighted by molar-refractivity contribution is 8.00. The van der Waals surface area contributed by atoms with E-state index in [1.165, 1.54) is 17.3 Å². The van der Waals surface area contributed by atoms with Crippen molar-refractivity contribution in [3.8, 4) is 0 Å². The Kier molecular flexibility index (Phi) is 6.90. The zero-order valence-electron chi connectivity index (χ0n) is 15.3. The van der Waals surface area contributed by atoms with Crippen molar-refractivity contribution in [2.24, 2.45) is 11.7 Å². The number of nitrogens with zero attached hydrogens (tertiary/aromatic N) is 1. The number of rotatable bonds is 7. The van der Waals surface area contributed by atoms with Gasteiger partial charge in [-0.15, -0.1) is 11.8 Å². The molecule has 1 unspecified atom stereocenters. The Balaban J connectivity index is 1.60. The minimum atomic E-state index is -0.370. The molecule has 1 heterocycles. The number of primary amides is 1. The van der Waals surface area contributed by atoms with E-state index in [1.54, 1.807) is 0 Å². The summed E-state index contributed by atoms with van der Waals surface area (Å²) in [4.78, 5) is 27.1. The number of hydrogen-bond acceptors (Lipinski definition) is 4. The summed E-state index contributed by atoms with van der Waals surface area (Å²) < 4.78 is 0. The van der Waals surface area contributed by atoms with Crippen LogP contribution in [0.25, 0.3) is 0 Å². The van der Waals surface area contributed by atoms with Gasteiger partial charge in [0.25, 0.3) is 0 Å². The number of piperidine rings is 1. The maximum absolute atomic E-state index is 12.8. The largest absolute Gasteiger partial charge is 0.369 e. The molecule has 1 aliphatic heterocycles. The number of carbonyl (C=O) groups is 2. The number of carbonyl (C=O) groups excluding carboxylic acids is 2. The monoisotopic (exact) mass is 383 g/mol. The third-order valence-electron chi connectivity index (χ3n) is 4.64. The number of hydrogen-bond donors (Lipinski definition) is 2. The highest BCUT2D eigenvalue weighted by Gasteiger charge is 2.26. The van der Waals surface area contributed by atoms with Gasteiger partial charge in [0.15, 0.2) is 0 Å². The minimum Gasteiger partial charge on any atom is -0.369 e. The number of nitrogens with one attached hydrogen (secondary N) is 1. The number of thioether (sulfide) groups is 1. The summed E-state index contributed by atoms with van der Waals surface area (Å²) in [5, 5.41) is 3.05. The third kappa shape index (κ3) is 5.84. The van der Waals surface area contributed by atoms with Crippen molar-refractivity contribution in [1.82, 2.24) is 4.90 Å². The Bertz CT molecular complexity index is 782. The smallest absolute Gasteiger partial charge is 0.228 e. The van der Waals surface area contributed by atoms with Crippen molar-refractivity contribution in [3.05, 3.63) is 60.2 Å². The fraction of sp³-hybridized carbons (Fsp3) is 0.333. The molecule has 1 aliphatic rings. The number of nitrogens with two attached hydrogens (primary N) is 1. The first-order valence-electron chi connectivity index (χ1n) is 9.19. The molecule has 3 rings (SSSR count). The van der Waals surface area contributed by atoms with Crippen LogP contribution >= 0.6 is 11.8 Å². The molecule has 0 bridgehead atoms. The second-order valence-electron chi connectivity index (χ2n) is 6.80. The summed E-state index contributed by atoms with van der Waals surface area (Å²) >= 11 is 1.35. The van der Waals surface area contributed by atoms with Crippen LogP contribution in [0, 0.1) is 5.92 Å². The van der Waals surface area contributed by atoms with E-state index < -0.39 is 0 Å². The quantitative estimate of drug-likeness (QED) is 0.721. The molecular weight excluding hydrogens is 358 g/mol. The summed E-state index contributed by atoms with van der Waals surface area (Å²) in [6.07, 6.45) is 1.91. The first kappa shape index (κ1) is 19.5. The summed E-state index contributed by atoms with van der Waals surface area (Å²) in [5.74, 6) is -0.164. The molecular formula is C21H25N3O2S. The highest BCUT2D eigenvalue weighted by atomic mass is 32.2. The highest BCUT2D eigenvalue weighted by Crippen LogP contribution is 2.28. The van der Waals surface area contributed by atoms with E-state index in [4.69, 9.17) is 5.73 Å². The van der Waals surface area contributed by atoms with E-state index in [2.05, 4.69) is 22.3 Å². The molecule has 142 valence electrons. The van der Waals surface area contributed by atoms with Crippen LogP contribution < -0.4 is 11.1 Å². The molecule has 0 saturated carbocycles. The van der Waals surface area contributed by atoms with Crippen LogP contribution in [0.4, 0.5) is 5.69 Å². The number of benzene rings is 2. The Morgan fingerprint density at radius 2 is 1.85 bits per heavy atom. The molecule has 2 aromatic carbocycles. The van der Waals surface area contributed by atoms with Crippen LogP contribution in [-0.2, 0) is 16.1 Å². The molecule has 0 spiro atoms. The minimum absolute atomic E-state index is 0.0309. The normalized spacial score (nSPS) is 17.4.